The van der Waals surface area contributed by atoms with E-state index in [1.807, 2.05) is 0 Å². The van der Waals surface area contributed by atoms with E-state index in [4.69, 9.17) is 0 Å². The van der Waals surface area contributed by atoms with Gasteiger partial charge in [0.25, 0.3) is 0 Å². The number of fused-ring (bicyclic) bond motifs is 15. The zero-order valence-corrected chi connectivity index (χ0v) is 29.4. The Morgan fingerprint density at radius 1 is 0.481 bits per heavy atom. The van der Waals surface area contributed by atoms with Gasteiger partial charge in [0, 0.05) is 17.1 Å². The summed E-state index contributed by atoms with van der Waals surface area (Å²) >= 11 is 0. The first-order valence-corrected chi connectivity index (χ1v) is 18.6. The van der Waals surface area contributed by atoms with Crippen LogP contribution in [-0.4, -0.2) is 0 Å². The van der Waals surface area contributed by atoms with E-state index in [1.54, 1.807) is 0 Å². The number of benzene rings is 8. The Bertz CT molecular complexity index is 2820. The fourth-order valence-electron chi connectivity index (χ4n) is 9.96. The van der Waals surface area contributed by atoms with Crippen molar-refractivity contribution in [3.8, 4) is 11.1 Å². The first-order chi connectivity index (χ1) is 25.6. The van der Waals surface area contributed by atoms with Crippen LogP contribution in [0.25, 0.3) is 49.0 Å². The molecule has 3 aliphatic carbocycles. The van der Waals surface area contributed by atoms with E-state index in [0.717, 1.165) is 23.5 Å². The zero-order chi connectivity index (χ0) is 34.6. The lowest BCUT2D eigenvalue weighted by Crippen LogP contribution is -2.27. The Morgan fingerprint density at radius 2 is 1.00 bits per heavy atom. The quantitative estimate of drug-likeness (QED) is 0.170. The second-order valence-electron chi connectivity index (χ2n) is 14.9. The maximum absolute atomic E-state index is 2.46. The van der Waals surface area contributed by atoms with Crippen LogP contribution in [0.3, 0.4) is 0 Å². The summed E-state index contributed by atoms with van der Waals surface area (Å²) in [4.78, 5) is 2.45. The standard InChI is InChI=1S/C51H37N/c1-32-22-24-34(25-23-32)52(35-26-28-41-39-15-4-3-13-37(39)38-14-5-6-16-40(38)44(41)30-35)36-27-29-48-45(31-36)42-17-7-9-19-46(42)51(48)47-20-10-8-18-43(47)50-33(2)12-11-21-49(50)51/h3-11,13-31,33H,12H2,1-2H3. The van der Waals surface area contributed by atoms with Crippen molar-refractivity contribution in [2.75, 3.05) is 4.90 Å². The number of allylic oxidation sites excluding steroid dienone is 4. The Kier molecular flexibility index (Phi) is 6.20. The highest BCUT2D eigenvalue weighted by Gasteiger charge is 2.53. The van der Waals surface area contributed by atoms with Gasteiger partial charge in [0.1, 0.15) is 0 Å². The highest BCUT2D eigenvalue weighted by atomic mass is 15.1. The topological polar surface area (TPSA) is 3.24 Å². The van der Waals surface area contributed by atoms with Crippen LogP contribution in [0.1, 0.15) is 41.2 Å². The summed E-state index contributed by atoms with van der Waals surface area (Å²) in [7, 11) is 0. The van der Waals surface area contributed by atoms with Gasteiger partial charge in [-0.15, -0.1) is 0 Å². The fraction of sp³-hybridized carbons (Fsp3) is 0.0980. The van der Waals surface area contributed by atoms with Crippen LogP contribution >= 0.6 is 0 Å². The molecular weight excluding hydrogens is 627 g/mol. The Hall–Kier alpha value is -6.18. The highest BCUT2D eigenvalue weighted by molar-refractivity contribution is 6.25. The molecule has 1 nitrogen and oxygen atoms in total. The molecule has 0 heterocycles. The lowest BCUT2D eigenvalue weighted by atomic mass is 9.68. The van der Waals surface area contributed by atoms with Crippen molar-refractivity contribution < 1.29 is 0 Å². The molecule has 1 heteroatoms. The zero-order valence-electron chi connectivity index (χ0n) is 29.4. The molecular formula is C51H37N. The van der Waals surface area contributed by atoms with E-state index in [1.165, 1.54) is 82.4 Å². The van der Waals surface area contributed by atoms with Crippen molar-refractivity contribution in [1.29, 1.82) is 0 Å². The summed E-state index contributed by atoms with van der Waals surface area (Å²) in [6.07, 6.45) is 5.92. The van der Waals surface area contributed by atoms with Crippen molar-refractivity contribution >= 4 is 55.0 Å². The van der Waals surface area contributed by atoms with Crippen LogP contribution in [0, 0.1) is 12.8 Å². The van der Waals surface area contributed by atoms with Gasteiger partial charge >= 0.3 is 0 Å². The SMILES string of the molecule is Cc1ccc(N(c2ccc3c(c2)-c2ccccc2C32C3=C(c4ccccc42)C(C)CC=C3)c2ccc3c4ccccc4c4ccccc4c3c2)cc1. The van der Waals surface area contributed by atoms with Crippen LogP contribution in [0.2, 0.25) is 0 Å². The third kappa shape index (κ3) is 3.88. The highest BCUT2D eigenvalue weighted by Crippen LogP contribution is 2.64. The Labute approximate surface area is 304 Å². The first kappa shape index (κ1) is 29.5. The number of aryl methyl sites for hydroxylation is 1. The molecule has 3 aliphatic rings. The molecule has 0 fully saturated rings. The molecule has 0 N–H and O–H groups in total. The van der Waals surface area contributed by atoms with Gasteiger partial charge in [0.2, 0.25) is 0 Å². The minimum atomic E-state index is -0.320. The minimum Gasteiger partial charge on any atom is -0.310 e. The average molecular weight is 664 g/mol. The van der Waals surface area contributed by atoms with Gasteiger partial charge in [0.05, 0.1) is 5.41 Å². The Morgan fingerprint density at radius 3 is 1.71 bits per heavy atom. The van der Waals surface area contributed by atoms with Crippen LogP contribution in [0.15, 0.2) is 175 Å². The molecule has 2 atom stereocenters. The van der Waals surface area contributed by atoms with Crippen molar-refractivity contribution in [2.45, 2.75) is 25.7 Å². The third-order valence-electron chi connectivity index (χ3n) is 12.1. The van der Waals surface area contributed by atoms with Crippen LogP contribution < -0.4 is 4.90 Å². The molecule has 0 bridgehead atoms. The van der Waals surface area contributed by atoms with Gasteiger partial charge in [-0.25, -0.2) is 0 Å². The maximum Gasteiger partial charge on any atom is 0.0722 e. The minimum absolute atomic E-state index is 0.320. The van der Waals surface area contributed by atoms with Crippen LogP contribution in [-0.2, 0) is 5.41 Å². The van der Waals surface area contributed by atoms with Gasteiger partial charge in [-0.2, -0.15) is 0 Å². The van der Waals surface area contributed by atoms with Crippen molar-refractivity contribution in [2.24, 2.45) is 5.92 Å². The molecule has 0 aromatic heterocycles. The first-order valence-electron chi connectivity index (χ1n) is 18.6. The molecule has 0 aliphatic heterocycles. The normalized spacial score (nSPS) is 18.2. The number of anilines is 3. The molecule has 0 saturated heterocycles. The lowest BCUT2D eigenvalue weighted by molar-refractivity contribution is 0.731. The molecule has 1 spiro atoms. The predicted molar refractivity (Wildman–Crippen MR) is 220 cm³/mol. The van der Waals surface area contributed by atoms with E-state index < -0.39 is 0 Å². The van der Waals surface area contributed by atoms with Gasteiger partial charge in [0.15, 0.2) is 0 Å². The summed E-state index contributed by atoms with van der Waals surface area (Å²) < 4.78 is 0. The smallest absolute Gasteiger partial charge is 0.0722 e. The molecule has 0 saturated carbocycles. The monoisotopic (exact) mass is 663 g/mol. The summed E-state index contributed by atoms with van der Waals surface area (Å²) in [5.41, 5.74) is 15.6. The molecule has 8 aromatic rings. The van der Waals surface area contributed by atoms with E-state index in [9.17, 15) is 0 Å². The van der Waals surface area contributed by atoms with E-state index in [2.05, 4.69) is 189 Å². The van der Waals surface area contributed by atoms with Gasteiger partial charge in [-0.3, -0.25) is 0 Å². The third-order valence-corrected chi connectivity index (χ3v) is 12.1. The second-order valence-corrected chi connectivity index (χ2v) is 14.9. The molecule has 0 amide bonds. The maximum atomic E-state index is 2.46. The van der Waals surface area contributed by atoms with E-state index >= 15 is 0 Å². The predicted octanol–water partition coefficient (Wildman–Crippen LogP) is 13.6. The van der Waals surface area contributed by atoms with E-state index in [-0.39, 0.29) is 5.41 Å². The number of hydrogen-bond acceptors (Lipinski definition) is 1. The molecule has 246 valence electrons. The number of hydrogen-bond donors (Lipinski definition) is 0. The molecule has 2 unspecified atom stereocenters. The number of rotatable bonds is 3. The summed E-state index contributed by atoms with van der Waals surface area (Å²) in [6.45, 7) is 4.56. The van der Waals surface area contributed by atoms with E-state index in [0.29, 0.717) is 5.92 Å². The lowest BCUT2D eigenvalue weighted by Gasteiger charge is -2.33. The van der Waals surface area contributed by atoms with Gasteiger partial charge in [-0.1, -0.05) is 146 Å². The Balaban J connectivity index is 1.17. The average Bonchev–Trinajstić information content (AvgIpc) is 3.67. The second kappa shape index (κ2) is 10.9. The molecule has 52 heavy (non-hydrogen) atoms. The summed E-state index contributed by atoms with van der Waals surface area (Å²) in [6, 6.07) is 59.3. The summed E-state index contributed by atoms with van der Waals surface area (Å²) in [5.74, 6) is 0.481. The fourth-order valence-corrected chi connectivity index (χ4v) is 9.96. The summed E-state index contributed by atoms with van der Waals surface area (Å²) in [5, 5.41) is 7.72. The van der Waals surface area contributed by atoms with Gasteiger partial charge < -0.3 is 4.90 Å². The molecule has 0 radical (unpaired) electrons. The van der Waals surface area contributed by atoms with Gasteiger partial charge in [-0.05, 0) is 133 Å². The molecule has 11 rings (SSSR count). The largest absolute Gasteiger partial charge is 0.310 e. The van der Waals surface area contributed by atoms with Crippen LogP contribution in [0.5, 0.6) is 0 Å². The van der Waals surface area contributed by atoms with Crippen molar-refractivity contribution in [1.82, 2.24) is 0 Å². The molecule has 8 aromatic carbocycles. The van der Waals surface area contributed by atoms with Crippen LogP contribution in [0.4, 0.5) is 17.1 Å². The van der Waals surface area contributed by atoms with Crippen molar-refractivity contribution in [3.05, 3.63) is 203 Å². The van der Waals surface area contributed by atoms with Crippen molar-refractivity contribution in [3.63, 3.8) is 0 Å². The number of nitrogens with zero attached hydrogens (tertiary/aromatic N) is 1.